The quantitative estimate of drug-likeness (QED) is 0.747. The second-order valence-electron chi connectivity index (χ2n) is 6.80. The average molecular weight is 354 g/mol. The van der Waals surface area contributed by atoms with Gasteiger partial charge in [-0.2, -0.15) is 0 Å². The van der Waals surface area contributed by atoms with Crippen molar-refractivity contribution in [3.05, 3.63) is 35.2 Å². The summed E-state index contributed by atoms with van der Waals surface area (Å²) in [5.41, 5.74) is 2.47. The van der Waals surface area contributed by atoms with Crippen LogP contribution >= 0.6 is 11.3 Å². The minimum absolute atomic E-state index is 0.280. The number of aromatic hydroxyl groups is 1. The first-order valence-corrected chi connectivity index (χ1v) is 9.49. The molecule has 1 aromatic carbocycles. The van der Waals surface area contributed by atoms with Gasteiger partial charge in [0.2, 0.25) is 0 Å². The number of likely N-dealkylation sites (N-methyl/N-ethyl adjacent to an activating group) is 1. The van der Waals surface area contributed by atoms with E-state index in [1.807, 2.05) is 36.6 Å². The summed E-state index contributed by atoms with van der Waals surface area (Å²) in [5.74, 6) is 1.11. The molecular formula is C19H22N4OS. The zero-order valence-electron chi connectivity index (χ0n) is 14.5. The van der Waals surface area contributed by atoms with E-state index in [1.165, 1.54) is 6.42 Å². The second kappa shape index (κ2) is 6.61. The van der Waals surface area contributed by atoms with Crippen LogP contribution in [0.15, 0.2) is 29.6 Å². The molecule has 1 aliphatic heterocycles. The summed E-state index contributed by atoms with van der Waals surface area (Å²) in [5, 5.41) is 25.7. The maximum absolute atomic E-state index is 10.6. The van der Waals surface area contributed by atoms with E-state index in [0.717, 1.165) is 46.5 Å². The topological polar surface area (TPSA) is 61.3 Å². The van der Waals surface area contributed by atoms with Crippen LogP contribution in [0.5, 0.6) is 5.75 Å². The minimum atomic E-state index is 0.280. The van der Waals surface area contributed by atoms with Gasteiger partial charge in [0.25, 0.3) is 0 Å². The number of anilines is 1. The molecule has 3 aromatic rings. The lowest BCUT2D eigenvalue weighted by Gasteiger charge is -2.30. The predicted molar refractivity (Wildman–Crippen MR) is 103 cm³/mol. The number of nitrogens with zero attached hydrogens (tertiary/aromatic N) is 3. The molecule has 0 unspecified atom stereocenters. The van der Waals surface area contributed by atoms with Gasteiger partial charge in [-0.05, 0) is 68.6 Å². The third-order valence-corrected chi connectivity index (χ3v) is 5.71. The van der Waals surface area contributed by atoms with E-state index in [2.05, 4.69) is 27.5 Å². The smallest absolute Gasteiger partial charge is 0.151 e. The Morgan fingerprint density at radius 2 is 2.16 bits per heavy atom. The Morgan fingerprint density at radius 3 is 2.96 bits per heavy atom. The summed E-state index contributed by atoms with van der Waals surface area (Å²) in [6, 6.07) is 8.29. The van der Waals surface area contributed by atoms with Crippen molar-refractivity contribution in [3.63, 3.8) is 0 Å². The molecular weight excluding hydrogens is 332 g/mol. The molecule has 3 heterocycles. The molecule has 5 nitrogen and oxygen atoms in total. The molecule has 0 saturated carbocycles. The van der Waals surface area contributed by atoms with Crippen LogP contribution in [-0.2, 0) is 0 Å². The fourth-order valence-electron chi connectivity index (χ4n) is 3.47. The lowest BCUT2D eigenvalue weighted by atomic mass is 10.1. The highest BCUT2D eigenvalue weighted by molar-refractivity contribution is 7.17. The van der Waals surface area contributed by atoms with E-state index in [0.29, 0.717) is 11.7 Å². The molecule has 1 saturated heterocycles. The van der Waals surface area contributed by atoms with Gasteiger partial charge >= 0.3 is 0 Å². The molecule has 0 amide bonds. The molecule has 0 aliphatic carbocycles. The van der Waals surface area contributed by atoms with Gasteiger partial charge in [-0.1, -0.05) is 0 Å². The van der Waals surface area contributed by atoms with Crippen LogP contribution in [0.3, 0.4) is 0 Å². The number of benzene rings is 1. The number of phenolic OH excluding ortho intramolecular Hbond substituents is 1. The molecule has 1 atom stereocenters. The van der Waals surface area contributed by atoms with Gasteiger partial charge in [-0.15, -0.1) is 21.5 Å². The van der Waals surface area contributed by atoms with E-state index >= 15 is 0 Å². The number of nitrogens with one attached hydrogen (secondary N) is 1. The van der Waals surface area contributed by atoms with Gasteiger partial charge in [-0.25, -0.2) is 0 Å². The van der Waals surface area contributed by atoms with E-state index in [9.17, 15) is 5.11 Å². The molecule has 1 aliphatic rings. The number of rotatable bonds is 3. The average Bonchev–Trinajstić information content (AvgIpc) is 3.07. The molecule has 1 fully saturated rings. The number of piperidine rings is 1. The summed E-state index contributed by atoms with van der Waals surface area (Å²) in [7, 11) is 2.15. The third-order valence-electron chi connectivity index (χ3n) is 4.83. The maximum Gasteiger partial charge on any atom is 0.151 e. The van der Waals surface area contributed by atoms with Crippen LogP contribution in [0.1, 0.15) is 18.4 Å². The second-order valence-corrected chi connectivity index (χ2v) is 7.75. The molecule has 130 valence electrons. The molecule has 0 bridgehead atoms. The van der Waals surface area contributed by atoms with Crippen LogP contribution in [0, 0.1) is 6.92 Å². The van der Waals surface area contributed by atoms with Crippen LogP contribution in [0.2, 0.25) is 0 Å². The summed E-state index contributed by atoms with van der Waals surface area (Å²) in [4.78, 5) is 2.34. The van der Waals surface area contributed by atoms with Crippen molar-refractivity contribution in [1.82, 2.24) is 15.1 Å². The van der Waals surface area contributed by atoms with Crippen LogP contribution < -0.4 is 5.32 Å². The highest BCUT2D eigenvalue weighted by Gasteiger charge is 2.19. The molecule has 2 aromatic heterocycles. The Balaban J connectivity index is 1.61. The SMILES string of the molecule is Cc1cc(-c2ccc3sccc3c2O)nnc1N[C@H]1CCCN(C)C1. The van der Waals surface area contributed by atoms with Crippen molar-refractivity contribution in [3.8, 4) is 17.0 Å². The highest BCUT2D eigenvalue weighted by Crippen LogP contribution is 2.37. The third kappa shape index (κ3) is 3.19. The van der Waals surface area contributed by atoms with Crippen molar-refractivity contribution in [2.24, 2.45) is 0 Å². The summed E-state index contributed by atoms with van der Waals surface area (Å²) < 4.78 is 1.07. The van der Waals surface area contributed by atoms with Crippen LogP contribution in [0.4, 0.5) is 5.82 Å². The number of thiophene rings is 1. The minimum Gasteiger partial charge on any atom is -0.507 e. The summed E-state index contributed by atoms with van der Waals surface area (Å²) in [6.07, 6.45) is 2.36. The maximum atomic E-state index is 10.6. The largest absolute Gasteiger partial charge is 0.507 e. The zero-order chi connectivity index (χ0) is 17.4. The lowest BCUT2D eigenvalue weighted by molar-refractivity contribution is 0.260. The summed E-state index contributed by atoms with van der Waals surface area (Å²) >= 11 is 1.62. The number of fused-ring (bicyclic) bond motifs is 1. The predicted octanol–water partition coefficient (Wildman–Crippen LogP) is 3.88. The molecule has 0 radical (unpaired) electrons. The van der Waals surface area contributed by atoms with Crippen LogP contribution in [-0.4, -0.2) is 46.4 Å². The van der Waals surface area contributed by atoms with Gasteiger partial charge in [0.15, 0.2) is 5.82 Å². The van der Waals surface area contributed by atoms with Gasteiger partial charge in [0.05, 0.1) is 5.69 Å². The molecule has 2 N–H and O–H groups in total. The fraction of sp³-hybridized carbons (Fsp3) is 0.368. The number of hydrogen-bond acceptors (Lipinski definition) is 6. The van der Waals surface area contributed by atoms with E-state index in [1.54, 1.807) is 11.3 Å². The summed E-state index contributed by atoms with van der Waals surface area (Å²) in [6.45, 7) is 4.22. The number of aromatic nitrogens is 2. The van der Waals surface area contributed by atoms with Crippen molar-refractivity contribution in [1.29, 1.82) is 0 Å². The number of likely N-dealkylation sites (tertiary alicyclic amines) is 1. The fourth-order valence-corrected chi connectivity index (χ4v) is 4.26. The van der Waals surface area contributed by atoms with Gasteiger partial charge < -0.3 is 15.3 Å². The zero-order valence-corrected chi connectivity index (χ0v) is 15.3. The van der Waals surface area contributed by atoms with Crippen molar-refractivity contribution >= 4 is 27.2 Å². The standard InChI is InChI=1S/C19H22N4OS/c1-12-10-16(14-5-6-17-15(18(14)24)7-9-25-17)21-22-19(12)20-13-4-3-8-23(2)11-13/h5-7,9-10,13,24H,3-4,8,11H2,1-2H3,(H,20,22)/t13-/m0/s1. The highest BCUT2D eigenvalue weighted by atomic mass is 32.1. The Hall–Kier alpha value is -2.18. The van der Waals surface area contributed by atoms with E-state index in [4.69, 9.17) is 0 Å². The van der Waals surface area contributed by atoms with Gasteiger partial charge in [-0.3, -0.25) is 0 Å². The molecule has 0 spiro atoms. The van der Waals surface area contributed by atoms with Crippen molar-refractivity contribution < 1.29 is 5.11 Å². The first-order valence-electron chi connectivity index (χ1n) is 8.61. The van der Waals surface area contributed by atoms with Crippen LogP contribution in [0.25, 0.3) is 21.3 Å². The molecule has 25 heavy (non-hydrogen) atoms. The van der Waals surface area contributed by atoms with Crippen molar-refractivity contribution in [2.75, 3.05) is 25.5 Å². The van der Waals surface area contributed by atoms with Gasteiger partial charge in [0.1, 0.15) is 5.75 Å². The Kier molecular flexibility index (Phi) is 4.31. The lowest BCUT2D eigenvalue weighted by Crippen LogP contribution is -2.40. The Labute approximate surface area is 151 Å². The molecule has 4 rings (SSSR count). The molecule has 6 heteroatoms. The number of phenols is 1. The number of aryl methyl sites for hydroxylation is 1. The van der Waals surface area contributed by atoms with Crippen molar-refractivity contribution in [2.45, 2.75) is 25.8 Å². The normalized spacial score (nSPS) is 18.6. The number of hydrogen-bond donors (Lipinski definition) is 2. The Morgan fingerprint density at radius 1 is 1.28 bits per heavy atom. The Bertz CT molecular complexity index is 908. The van der Waals surface area contributed by atoms with Gasteiger partial charge in [0, 0.05) is 28.2 Å². The first kappa shape index (κ1) is 16.3. The monoisotopic (exact) mass is 354 g/mol. The van der Waals surface area contributed by atoms with E-state index in [-0.39, 0.29) is 5.75 Å². The first-order chi connectivity index (χ1) is 12.1. The van der Waals surface area contributed by atoms with E-state index < -0.39 is 0 Å².